The number of hydrogen-bond acceptors (Lipinski definition) is 2. The van der Waals surface area contributed by atoms with Crippen molar-refractivity contribution in [3.8, 4) is 6.07 Å². The maximum atomic E-state index is 8.37. The van der Waals surface area contributed by atoms with Crippen LogP contribution in [0.15, 0.2) is 30.3 Å². The summed E-state index contributed by atoms with van der Waals surface area (Å²) < 4.78 is 0. The SMILES string of the molecule is CC(CNCCCC#N)c1ccccc1. The standard InChI is InChI=1S/C13H18N2/c1-12(11-15-10-6-5-9-14)13-7-3-2-4-8-13/h2-4,7-8,12,15H,5-6,10-11H2,1H3. The number of nitrogens with one attached hydrogen (secondary N) is 1. The molecule has 0 aliphatic heterocycles. The van der Waals surface area contributed by atoms with Crippen molar-refractivity contribution in [2.24, 2.45) is 0 Å². The Morgan fingerprint density at radius 2 is 2.07 bits per heavy atom. The van der Waals surface area contributed by atoms with Crippen molar-refractivity contribution in [2.75, 3.05) is 13.1 Å². The molecule has 0 aliphatic carbocycles. The zero-order valence-corrected chi connectivity index (χ0v) is 9.24. The smallest absolute Gasteiger partial charge is 0.0622 e. The van der Waals surface area contributed by atoms with E-state index in [1.165, 1.54) is 5.56 Å². The van der Waals surface area contributed by atoms with Gasteiger partial charge in [0.25, 0.3) is 0 Å². The van der Waals surface area contributed by atoms with Crippen LogP contribution in [-0.4, -0.2) is 13.1 Å². The number of hydrogen-bond donors (Lipinski definition) is 1. The molecule has 1 rings (SSSR count). The van der Waals surface area contributed by atoms with Gasteiger partial charge in [-0.2, -0.15) is 5.26 Å². The van der Waals surface area contributed by atoms with E-state index < -0.39 is 0 Å². The van der Waals surface area contributed by atoms with Crippen molar-refractivity contribution in [2.45, 2.75) is 25.7 Å². The van der Waals surface area contributed by atoms with Gasteiger partial charge >= 0.3 is 0 Å². The minimum absolute atomic E-state index is 0.535. The molecule has 0 radical (unpaired) electrons. The summed E-state index contributed by atoms with van der Waals surface area (Å²) in [6.07, 6.45) is 1.59. The molecule has 1 N–H and O–H groups in total. The van der Waals surface area contributed by atoms with Crippen LogP contribution in [0.5, 0.6) is 0 Å². The summed E-state index contributed by atoms with van der Waals surface area (Å²) in [7, 11) is 0. The Bertz CT molecular complexity index is 300. The zero-order valence-electron chi connectivity index (χ0n) is 9.24. The number of rotatable bonds is 6. The molecular formula is C13H18N2. The van der Waals surface area contributed by atoms with Crippen molar-refractivity contribution >= 4 is 0 Å². The summed E-state index contributed by atoms with van der Waals surface area (Å²) in [5.74, 6) is 0.535. The van der Waals surface area contributed by atoms with Crippen LogP contribution >= 0.6 is 0 Å². The van der Waals surface area contributed by atoms with Gasteiger partial charge in [0.05, 0.1) is 6.07 Å². The summed E-state index contributed by atoms with van der Waals surface area (Å²) in [5.41, 5.74) is 1.37. The predicted octanol–water partition coefficient (Wildman–Crippen LogP) is 2.68. The Kier molecular flexibility index (Phi) is 5.50. The minimum Gasteiger partial charge on any atom is -0.316 e. The van der Waals surface area contributed by atoms with Crippen molar-refractivity contribution in [1.29, 1.82) is 5.26 Å². The lowest BCUT2D eigenvalue weighted by Crippen LogP contribution is -2.21. The fourth-order valence-electron chi connectivity index (χ4n) is 1.51. The highest BCUT2D eigenvalue weighted by atomic mass is 14.8. The molecule has 2 heteroatoms. The van der Waals surface area contributed by atoms with Gasteiger partial charge < -0.3 is 5.32 Å². The van der Waals surface area contributed by atoms with E-state index in [9.17, 15) is 0 Å². The van der Waals surface area contributed by atoms with Crippen LogP contribution in [0.25, 0.3) is 0 Å². The van der Waals surface area contributed by atoms with Crippen molar-refractivity contribution in [1.82, 2.24) is 5.32 Å². The number of benzene rings is 1. The predicted molar refractivity (Wildman–Crippen MR) is 62.6 cm³/mol. The summed E-state index contributed by atoms with van der Waals surface area (Å²) in [6.45, 7) is 4.13. The third-order valence-corrected chi connectivity index (χ3v) is 2.46. The second-order valence-electron chi connectivity index (χ2n) is 3.78. The highest BCUT2D eigenvalue weighted by Crippen LogP contribution is 2.12. The van der Waals surface area contributed by atoms with Crippen LogP contribution in [0.4, 0.5) is 0 Å². The zero-order chi connectivity index (χ0) is 10.9. The van der Waals surface area contributed by atoms with E-state index in [0.717, 1.165) is 19.5 Å². The van der Waals surface area contributed by atoms with Gasteiger partial charge in [-0.15, -0.1) is 0 Å². The van der Waals surface area contributed by atoms with E-state index in [4.69, 9.17) is 5.26 Å². The van der Waals surface area contributed by atoms with E-state index in [1.807, 2.05) is 6.07 Å². The monoisotopic (exact) mass is 202 g/mol. The van der Waals surface area contributed by atoms with Gasteiger partial charge in [-0.05, 0) is 24.4 Å². The number of nitrogens with zero attached hydrogens (tertiary/aromatic N) is 1. The summed E-state index contributed by atoms with van der Waals surface area (Å²) >= 11 is 0. The third kappa shape index (κ3) is 4.62. The molecule has 1 aromatic rings. The second-order valence-corrected chi connectivity index (χ2v) is 3.78. The second kappa shape index (κ2) is 7.03. The number of unbranched alkanes of at least 4 members (excludes halogenated alkanes) is 1. The first kappa shape index (κ1) is 11.7. The molecule has 0 saturated carbocycles. The van der Waals surface area contributed by atoms with E-state index in [0.29, 0.717) is 12.3 Å². The Morgan fingerprint density at radius 3 is 2.73 bits per heavy atom. The van der Waals surface area contributed by atoms with Gasteiger partial charge in [-0.1, -0.05) is 37.3 Å². The first-order chi connectivity index (χ1) is 7.34. The first-order valence-electron chi connectivity index (χ1n) is 5.47. The van der Waals surface area contributed by atoms with Crippen LogP contribution in [-0.2, 0) is 0 Å². The van der Waals surface area contributed by atoms with Crippen LogP contribution in [0.3, 0.4) is 0 Å². The lowest BCUT2D eigenvalue weighted by atomic mass is 10.0. The molecule has 0 bridgehead atoms. The van der Waals surface area contributed by atoms with E-state index >= 15 is 0 Å². The van der Waals surface area contributed by atoms with Gasteiger partial charge in [-0.25, -0.2) is 0 Å². The number of nitriles is 1. The molecule has 0 heterocycles. The van der Waals surface area contributed by atoms with E-state index in [1.54, 1.807) is 0 Å². The fourth-order valence-corrected chi connectivity index (χ4v) is 1.51. The highest BCUT2D eigenvalue weighted by Gasteiger charge is 2.02. The van der Waals surface area contributed by atoms with Gasteiger partial charge in [0.15, 0.2) is 0 Å². The van der Waals surface area contributed by atoms with Crippen molar-refractivity contribution < 1.29 is 0 Å². The lowest BCUT2D eigenvalue weighted by molar-refractivity contribution is 0.600. The van der Waals surface area contributed by atoms with Gasteiger partial charge in [0, 0.05) is 13.0 Å². The molecular weight excluding hydrogens is 184 g/mol. The summed E-state index contributed by atoms with van der Waals surface area (Å²) in [4.78, 5) is 0. The van der Waals surface area contributed by atoms with Gasteiger partial charge in [0.1, 0.15) is 0 Å². The summed E-state index contributed by atoms with van der Waals surface area (Å²) in [5, 5.41) is 11.7. The molecule has 0 aliphatic rings. The first-order valence-corrected chi connectivity index (χ1v) is 5.47. The molecule has 1 aromatic carbocycles. The van der Waals surface area contributed by atoms with E-state index in [-0.39, 0.29) is 0 Å². The van der Waals surface area contributed by atoms with Gasteiger partial charge in [-0.3, -0.25) is 0 Å². The molecule has 80 valence electrons. The Morgan fingerprint density at radius 1 is 1.33 bits per heavy atom. The minimum atomic E-state index is 0.535. The maximum Gasteiger partial charge on any atom is 0.0622 e. The molecule has 0 spiro atoms. The average molecular weight is 202 g/mol. The van der Waals surface area contributed by atoms with Crippen LogP contribution in [0.2, 0.25) is 0 Å². The molecule has 1 unspecified atom stereocenters. The average Bonchev–Trinajstić information content (AvgIpc) is 2.30. The molecule has 0 fully saturated rings. The fraction of sp³-hybridized carbons (Fsp3) is 0.462. The Labute approximate surface area is 91.9 Å². The summed E-state index contributed by atoms with van der Waals surface area (Å²) in [6, 6.07) is 12.6. The molecule has 2 nitrogen and oxygen atoms in total. The third-order valence-electron chi connectivity index (χ3n) is 2.46. The Balaban J connectivity index is 2.20. The maximum absolute atomic E-state index is 8.37. The van der Waals surface area contributed by atoms with Crippen molar-refractivity contribution in [3.05, 3.63) is 35.9 Å². The van der Waals surface area contributed by atoms with Gasteiger partial charge in [0.2, 0.25) is 0 Å². The molecule has 0 aromatic heterocycles. The van der Waals surface area contributed by atoms with Crippen LogP contribution in [0, 0.1) is 11.3 Å². The molecule has 1 atom stereocenters. The van der Waals surface area contributed by atoms with Crippen LogP contribution in [0.1, 0.15) is 31.2 Å². The van der Waals surface area contributed by atoms with E-state index in [2.05, 4.69) is 42.6 Å². The highest BCUT2D eigenvalue weighted by molar-refractivity contribution is 5.18. The quantitative estimate of drug-likeness (QED) is 0.720. The Hall–Kier alpha value is -1.33. The molecule has 0 amide bonds. The molecule has 0 saturated heterocycles. The lowest BCUT2D eigenvalue weighted by Gasteiger charge is -2.12. The van der Waals surface area contributed by atoms with Crippen LogP contribution < -0.4 is 5.32 Å². The molecule has 15 heavy (non-hydrogen) atoms. The largest absolute Gasteiger partial charge is 0.316 e. The normalized spacial score (nSPS) is 12.0. The van der Waals surface area contributed by atoms with Crippen molar-refractivity contribution in [3.63, 3.8) is 0 Å². The topological polar surface area (TPSA) is 35.8 Å².